The molecule has 3 heteroatoms. The lowest BCUT2D eigenvalue weighted by Crippen LogP contribution is -1.86. The Morgan fingerprint density at radius 3 is 2.86 bits per heavy atom. The number of carbonyl (C=O) groups excluding carboxylic acids is 1. The highest BCUT2D eigenvalue weighted by atomic mass is 16.5. The highest BCUT2D eigenvalue weighted by Gasteiger charge is 2.09. The van der Waals surface area contributed by atoms with Crippen molar-refractivity contribution in [3.63, 3.8) is 0 Å². The van der Waals surface area contributed by atoms with E-state index in [1.807, 2.05) is 19.1 Å². The van der Waals surface area contributed by atoms with Gasteiger partial charge >= 0.3 is 0 Å². The molecule has 0 radical (unpaired) electrons. The van der Waals surface area contributed by atoms with Gasteiger partial charge in [0.05, 0.1) is 12.6 Å². The van der Waals surface area contributed by atoms with E-state index in [-0.39, 0.29) is 0 Å². The first kappa shape index (κ1) is 8.81. The summed E-state index contributed by atoms with van der Waals surface area (Å²) in [4.78, 5) is 13.8. The Morgan fingerprint density at radius 1 is 1.43 bits per heavy atom. The van der Waals surface area contributed by atoms with Crippen molar-refractivity contribution in [3.8, 4) is 5.75 Å². The maximum Gasteiger partial charge on any atom is 0.152 e. The first-order chi connectivity index (χ1) is 6.77. The van der Waals surface area contributed by atoms with E-state index in [1.54, 1.807) is 13.3 Å². The summed E-state index contributed by atoms with van der Waals surface area (Å²) in [6.07, 6.45) is 2.55. The van der Waals surface area contributed by atoms with Crippen LogP contribution in [0.15, 0.2) is 18.3 Å². The summed E-state index contributed by atoms with van der Waals surface area (Å²) >= 11 is 0. The van der Waals surface area contributed by atoms with Crippen LogP contribution >= 0.6 is 0 Å². The molecule has 0 fully saturated rings. The number of ether oxygens (including phenoxy) is 1. The number of benzene rings is 1. The van der Waals surface area contributed by atoms with Gasteiger partial charge in [0.25, 0.3) is 0 Å². The Hall–Kier alpha value is -1.77. The Balaban J connectivity index is 2.86. The average Bonchev–Trinajstić information content (AvgIpc) is 2.63. The van der Waals surface area contributed by atoms with Crippen molar-refractivity contribution in [2.45, 2.75) is 6.92 Å². The fraction of sp³-hybridized carbons (Fsp3) is 0.182. The van der Waals surface area contributed by atoms with E-state index in [0.717, 1.165) is 28.5 Å². The largest absolute Gasteiger partial charge is 0.495 e. The van der Waals surface area contributed by atoms with Crippen LogP contribution in [0.4, 0.5) is 0 Å². The minimum Gasteiger partial charge on any atom is -0.495 e. The molecule has 2 rings (SSSR count). The molecule has 0 aliphatic heterocycles. The number of aryl methyl sites for hydroxylation is 1. The molecule has 2 aromatic rings. The Labute approximate surface area is 81.7 Å². The minimum absolute atomic E-state index is 0.677. The molecule has 0 saturated heterocycles. The van der Waals surface area contributed by atoms with Crippen molar-refractivity contribution >= 4 is 17.2 Å². The van der Waals surface area contributed by atoms with Gasteiger partial charge in [0.2, 0.25) is 0 Å². The van der Waals surface area contributed by atoms with Crippen molar-refractivity contribution in [1.29, 1.82) is 0 Å². The van der Waals surface area contributed by atoms with E-state index in [1.165, 1.54) is 0 Å². The number of hydrogen-bond acceptors (Lipinski definition) is 2. The van der Waals surface area contributed by atoms with Gasteiger partial charge in [-0.25, -0.2) is 0 Å². The van der Waals surface area contributed by atoms with Crippen molar-refractivity contribution in [1.82, 2.24) is 4.98 Å². The lowest BCUT2D eigenvalue weighted by molar-refractivity contribution is 0.112. The number of H-pyrrole nitrogens is 1. The van der Waals surface area contributed by atoms with Gasteiger partial charge in [-0.2, -0.15) is 0 Å². The van der Waals surface area contributed by atoms with Crippen LogP contribution in [0.25, 0.3) is 10.9 Å². The fourth-order valence-corrected chi connectivity index (χ4v) is 1.69. The summed E-state index contributed by atoms with van der Waals surface area (Å²) in [6.45, 7) is 1.97. The average molecular weight is 189 g/mol. The minimum atomic E-state index is 0.677. The summed E-state index contributed by atoms with van der Waals surface area (Å²) in [5.41, 5.74) is 2.63. The van der Waals surface area contributed by atoms with Gasteiger partial charge in [0.1, 0.15) is 5.75 Å². The molecule has 1 N–H and O–H groups in total. The molecule has 72 valence electrons. The summed E-state index contributed by atoms with van der Waals surface area (Å²) in [7, 11) is 1.62. The predicted octanol–water partition coefficient (Wildman–Crippen LogP) is 2.30. The number of hydrogen-bond donors (Lipinski definition) is 1. The summed E-state index contributed by atoms with van der Waals surface area (Å²) in [5, 5.41) is 0.944. The standard InChI is InChI=1S/C11H11NO2/c1-7-3-4-9(14-2)11-10(7)8(6-13)5-12-11/h3-6,12H,1-2H3. The molecule has 0 saturated carbocycles. The van der Waals surface area contributed by atoms with Crippen LogP contribution in [-0.4, -0.2) is 18.4 Å². The smallest absolute Gasteiger partial charge is 0.152 e. The monoisotopic (exact) mass is 189 g/mol. The van der Waals surface area contributed by atoms with Crippen LogP contribution < -0.4 is 4.74 Å². The molecule has 0 bridgehead atoms. The van der Waals surface area contributed by atoms with E-state index in [2.05, 4.69) is 4.98 Å². The molecule has 0 unspecified atom stereocenters. The second-order valence-electron chi connectivity index (χ2n) is 3.20. The predicted molar refractivity (Wildman–Crippen MR) is 55.0 cm³/mol. The zero-order valence-electron chi connectivity index (χ0n) is 8.13. The second-order valence-corrected chi connectivity index (χ2v) is 3.20. The van der Waals surface area contributed by atoms with E-state index in [4.69, 9.17) is 4.74 Å². The lowest BCUT2D eigenvalue weighted by Gasteiger charge is -2.03. The molecule has 0 aliphatic rings. The van der Waals surface area contributed by atoms with Crippen LogP contribution in [0.2, 0.25) is 0 Å². The quantitative estimate of drug-likeness (QED) is 0.736. The molecule has 3 nitrogen and oxygen atoms in total. The van der Waals surface area contributed by atoms with Crippen molar-refractivity contribution in [3.05, 3.63) is 29.5 Å². The second kappa shape index (κ2) is 3.18. The van der Waals surface area contributed by atoms with E-state index < -0.39 is 0 Å². The molecule has 1 aromatic heterocycles. The molecule has 1 heterocycles. The van der Waals surface area contributed by atoms with Gasteiger partial charge in [-0.3, -0.25) is 4.79 Å². The zero-order valence-corrected chi connectivity index (χ0v) is 8.13. The van der Waals surface area contributed by atoms with E-state index in [0.29, 0.717) is 5.56 Å². The third-order valence-electron chi connectivity index (χ3n) is 2.38. The van der Waals surface area contributed by atoms with Crippen LogP contribution in [-0.2, 0) is 0 Å². The van der Waals surface area contributed by atoms with Crippen molar-refractivity contribution in [2.75, 3.05) is 7.11 Å². The molecular weight excluding hydrogens is 178 g/mol. The third-order valence-corrected chi connectivity index (χ3v) is 2.38. The summed E-state index contributed by atoms with van der Waals surface area (Å²) in [5.74, 6) is 0.763. The van der Waals surface area contributed by atoms with Gasteiger partial charge < -0.3 is 9.72 Å². The van der Waals surface area contributed by atoms with E-state index in [9.17, 15) is 4.79 Å². The van der Waals surface area contributed by atoms with Crippen LogP contribution in [0, 0.1) is 6.92 Å². The number of methoxy groups -OCH3 is 1. The van der Waals surface area contributed by atoms with Crippen molar-refractivity contribution in [2.24, 2.45) is 0 Å². The van der Waals surface area contributed by atoms with Gasteiger partial charge in [-0.1, -0.05) is 6.07 Å². The number of nitrogens with one attached hydrogen (secondary N) is 1. The van der Waals surface area contributed by atoms with E-state index >= 15 is 0 Å². The number of rotatable bonds is 2. The maximum atomic E-state index is 10.8. The van der Waals surface area contributed by atoms with Gasteiger partial charge in [0.15, 0.2) is 6.29 Å². The zero-order chi connectivity index (χ0) is 10.1. The lowest BCUT2D eigenvalue weighted by atomic mass is 10.1. The van der Waals surface area contributed by atoms with Crippen LogP contribution in [0.3, 0.4) is 0 Å². The van der Waals surface area contributed by atoms with Crippen LogP contribution in [0.5, 0.6) is 5.75 Å². The topological polar surface area (TPSA) is 42.1 Å². The maximum absolute atomic E-state index is 10.8. The number of aromatic nitrogens is 1. The van der Waals surface area contributed by atoms with Gasteiger partial charge in [-0.05, 0) is 18.6 Å². The number of aromatic amines is 1. The molecule has 0 amide bonds. The molecule has 14 heavy (non-hydrogen) atoms. The van der Waals surface area contributed by atoms with Crippen molar-refractivity contribution < 1.29 is 9.53 Å². The molecule has 0 spiro atoms. The van der Waals surface area contributed by atoms with Gasteiger partial charge in [-0.15, -0.1) is 0 Å². The number of fused-ring (bicyclic) bond motifs is 1. The third kappa shape index (κ3) is 1.09. The molecule has 0 atom stereocenters. The SMILES string of the molecule is COc1ccc(C)c2c(C=O)c[nH]c12. The van der Waals surface area contributed by atoms with Gasteiger partial charge in [0, 0.05) is 17.1 Å². The highest BCUT2D eigenvalue weighted by molar-refractivity contribution is 6.01. The first-order valence-corrected chi connectivity index (χ1v) is 4.37. The van der Waals surface area contributed by atoms with Crippen LogP contribution in [0.1, 0.15) is 15.9 Å². The molecule has 0 aliphatic carbocycles. The number of aldehydes is 1. The normalized spacial score (nSPS) is 10.4. The Morgan fingerprint density at radius 2 is 2.21 bits per heavy atom. The molecular formula is C11H11NO2. The summed E-state index contributed by atoms with van der Waals surface area (Å²) in [6, 6.07) is 3.84. The molecule has 1 aromatic carbocycles. The first-order valence-electron chi connectivity index (χ1n) is 4.37. The summed E-state index contributed by atoms with van der Waals surface area (Å²) < 4.78 is 5.19. The highest BCUT2D eigenvalue weighted by Crippen LogP contribution is 2.29. The Bertz CT molecular complexity index is 485. The Kier molecular flexibility index (Phi) is 2.00. The number of carbonyl (C=O) groups is 1. The fourth-order valence-electron chi connectivity index (χ4n) is 1.69.